The third-order valence-corrected chi connectivity index (χ3v) is 8.91. The topological polar surface area (TPSA) is 171 Å². The molecule has 3 rings (SSSR count). The number of hydrogen-bond acceptors (Lipinski definition) is 7. The highest BCUT2D eigenvalue weighted by Gasteiger charge is 2.43. The van der Waals surface area contributed by atoms with Crippen LogP contribution in [0.3, 0.4) is 0 Å². The van der Waals surface area contributed by atoms with Gasteiger partial charge >= 0.3 is 6.03 Å². The van der Waals surface area contributed by atoms with Gasteiger partial charge in [-0.1, -0.05) is 112 Å². The summed E-state index contributed by atoms with van der Waals surface area (Å²) in [7, 11) is 1.64. The van der Waals surface area contributed by atoms with Crippen molar-refractivity contribution in [3.8, 4) is 0 Å². The molecule has 0 radical (unpaired) electrons. The van der Waals surface area contributed by atoms with Crippen molar-refractivity contribution in [3.63, 3.8) is 0 Å². The number of likely N-dealkylation sites (tertiary alicyclic amines) is 1. The van der Waals surface area contributed by atoms with Crippen molar-refractivity contribution >= 4 is 47.2 Å². The van der Waals surface area contributed by atoms with Gasteiger partial charge in [-0.05, 0) is 42.6 Å². The second-order valence-electron chi connectivity index (χ2n) is 14.3. The van der Waals surface area contributed by atoms with Crippen molar-refractivity contribution in [2.75, 3.05) is 20.1 Å². The lowest BCUT2D eigenvalue weighted by molar-refractivity contribution is -0.142. The minimum Gasteiger partial charge on any atom is -0.363 e. The van der Waals surface area contributed by atoms with E-state index in [1.807, 2.05) is 44.2 Å². The number of carbonyl (C=O) groups is 6. The van der Waals surface area contributed by atoms with Crippen molar-refractivity contribution in [2.45, 2.75) is 137 Å². The minimum atomic E-state index is -1.13. The lowest BCUT2D eigenvalue weighted by Gasteiger charge is -2.36. The van der Waals surface area contributed by atoms with Crippen molar-refractivity contribution in [3.05, 3.63) is 35.9 Å². The van der Waals surface area contributed by atoms with Gasteiger partial charge in [0.25, 0.3) is 11.7 Å². The number of rotatable bonds is 12. The molecule has 3 unspecified atom stereocenters. The third kappa shape index (κ3) is 17.9. The number of urea groups is 1. The Balaban J connectivity index is 0.00000251. The Morgan fingerprint density at radius 1 is 0.941 bits per heavy atom. The molecule has 13 heteroatoms. The summed E-state index contributed by atoms with van der Waals surface area (Å²) in [5.41, 5.74) is 5.44. The van der Waals surface area contributed by atoms with Gasteiger partial charge in [0.15, 0.2) is 0 Å². The predicted octanol–water partition coefficient (Wildman–Crippen LogP) is 5.24. The Hall–Kier alpha value is -3.61. The molecule has 2 fully saturated rings. The number of amides is 6. The summed E-state index contributed by atoms with van der Waals surface area (Å²) in [6.07, 6.45) is 4.95. The fraction of sp³-hybridized carbons (Fsp3) is 0.684. The highest BCUT2D eigenvalue weighted by Crippen LogP contribution is 2.34. The van der Waals surface area contributed by atoms with Crippen LogP contribution in [0.2, 0.25) is 0 Å². The van der Waals surface area contributed by atoms with Gasteiger partial charge in [0.2, 0.25) is 17.7 Å². The standard InChI is InChI=1S/C29H42N6O6S.C4H10.C3H8.C2H6/c1-29(2,3)23(32-28(41)31-16-21(36)34(4)17-18-10-6-5-7-11-18)27(40)35-15-9-14-20(35)25(39)33-26(22(37)24(30)38)42-19-12-8-13-19;1-4(2)3;1-3-2;1-2/h5-7,10-11,19-20,23,26H,8-9,12-17H2,1-4H3,(H2,30,38)(H,33,39)(H2,31,32,41);4H,1-3H3;3H2,1-2H3;1-2H3. The number of nitrogens with zero attached hydrogens (tertiary/aromatic N) is 2. The molecule has 0 bridgehead atoms. The Kier molecular flexibility index (Phi) is 22.8. The summed E-state index contributed by atoms with van der Waals surface area (Å²) in [6.45, 7) is 20.5. The van der Waals surface area contributed by atoms with E-state index in [4.69, 9.17) is 5.73 Å². The zero-order valence-electron chi connectivity index (χ0n) is 33.0. The molecule has 2 aliphatic rings. The summed E-state index contributed by atoms with van der Waals surface area (Å²) >= 11 is 1.21. The number of ketones is 1. The molecule has 1 aliphatic heterocycles. The molecule has 1 heterocycles. The Morgan fingerprint density at radius 2 is 1.49 bits per heavy atom. The summed E-state index contributed by atoms with van der Waals surface area (Å²) in [5, 5.41) is 6.90. The van der Waals surface area contributed by atoms with Crippen molar-refractivity contribution in [2.24, 2.45) is 17.1 Å². The van der Waals surface area contributed by atoms with Gasteiger partial charge in [-0.15, -0.1) is 11.8 Å². The highest BCUT2D eigenvalue weighted by molar-refractivity contribution is 8.01. The first kappa shape index (κ1) is 47.4. The summed E-state index contributed by atoms with van der Waals surface area (Å²) in [5.74, 6) is -2.47. The zero-order valence-corrected chi connectivity index (χ0v) is 33.8. The number of hydrogen-bond donors (Lipinski definition) is 4. The van der Waals surface area contributed by atoms with Gasteiger partial charge in [-0.2, -0.15) is 0 Å². The van der Waals surface area contributed by atoms with E-state index >= 15 is 0 Å². The molecule has 0 aromatic heterocycles. The zero-order chi connectivity index (χ0) is 39.3. The number of thioether (sulfide) groups is 1. The maximum atomic E-state index is 13.7. The molecule has 12 nitrogen and oxygen atoms in total. The van der Waals surface area contributed by atoms with Gasteiger partial charge in [-0.25, -0.2) is 4.79 Å². The molecule has 6 amide bonds. The van der Waals surface area contributed by atoms with E-state index in [0.717, 1.165) is 30.7 Å². The van der Waals surface area contributed by atoms with Crippen molar-refractivity contribution in [1.82, 2.24) is 25.8 Å². The van der Waals surface area contributed by atoms with Crippen LogP contribution in [0.4, 0.5) is 4.79 Å². The van der Waals surface area contributed by atoms with E-state index in [2.05, 4.69) is 50.6 Å². The van der Waals surface area contributed by atoms with E-state index in [-0.39, 0.29) is 17.7 Å². The molecule has 1 saturated carbocycles. The predicted molar refractivity (Wildman–Crippen MR) is 207 cm³/mol. The molecule has 1 aromatic rings. The largest absolute Gasteiger partial charge is 0.363 e. The van der Waals surface area contributed by atoms with E-state index in [9.17, 15) is 28.8 Å². The van der Waals surface area contributed by atoms with E-state index in [0.29, 0.717) is 25.9 Å². The lowest BCUT2D eigenvalue weighted by atomic mass is 9.85. The van der Waals surface area contributed by atoms with Gasteiger partial charge < -0.3 is 31.5 Å². The van der Waals surface area contributed by atoms with Crippen LogP contribution < -0.4 is 21.7 Å². The van der Waals surface area contributed by atoms with Crippen LogP contribution in [0.15, 0.2) is 30.3 Å². The number of nitrogens with one attached hydrogen (secondary N) is 3. The second-order valence-corrected chi connectivity index (χ2v) is 15.7. The summed E-state index contributed by atoms with van der Waals surface area (Å²) in [4.78, 5) is 79.3. The van der Waals surface area contributed by atoms with Crippen LogP contribution in [-0.4, -0.2) is 88.1 Å². The average Bonchev–Trinajstić information content (AvgIpc) is 3.54. The number of likely N-dealkylation sites (N-methyl/N-ethyl adjacent to an activating group) is 1. The monoisotopic (exact) mass is 734 g/mol. The molecule has 290 valence electrons. The fourth-order valence-electron chi connectivity index (χ4n) is 4.75. The second kappa shape index (κ2) is 24.6. The summed E-state index contributed by atoms with van der Waals surface area (Å²) in [6, 6.07) is 6.89. The molecule has 1 saturated heterocycles. The van der Waals surface area contributed by atoms with Crippen LogP contribution in [0.5, 0.6) is 0 Å². The Labute approximate surface area is 311 Å². The third-order valence-electron chi connectivity index (χ3n) is 7.45. The van der Waals surface area contributed by atoms with Crippen LogP contribution in [0.25, 0.3) is 0 Å². The first-order valence-corrected chi connectivity index (χ1v) is 19.3. The number of Topliss-reactive ketones (excluding diaryl/α,β-unsaturated/α-hetero) is 1. The van der Waals surface area contributed by atoms with Gasteiger partial charge in [-0.3, -0.25) is 24.0 Å². The number of benzene rings is 1. The molecular weight excluding hydrogens is 669 g/mol. The molecule has 51 heavy (non-hydrogen) atoms. The Bertz CT molecular complexity index is 1230. The van der Waals surface area contributed by atoms with E-state index in [1.54, 1.807) is 27.8 Å². The van der Waals surface area contributed by atoms with Gasteiger partial charge in [0.05, 0.1) is 6.54 Å². The average molecular weight is 735 g/mol. The fourth-order valence-corrected chi connectivity index (χ4v) is 6.17. The lowest BCUT2D eigenvalue weighted by Crippen LogP contribution is -2.60. The van der Waals surface area contributed by atoms with E-state index < -0.39 is 52.4 Å². The molecular formula is C38H66N6O6S. The van der Waals surface area contributed by atoms with Crippen LogP contribution in [-0.2, 0) is 30.5 Å². The summed E-state index contributed by atoms with van der Waals surface area (Å²) < 4.78 is 0. The first-order chi connectivity index (χ1) is 23.9. The number of nitrogens with two attached hydrogens (primary N) is 1. The van der Waals surface area contributed by atoms with Gasteiger partial charge in [0.1, 0.15) is 17.5 Å². The SMILES string of the molecule is CC.CC(C)C.CCC.CN(Cc1ccccc1)C(=O)CNC(=O)NC(C(=O)N1CCCC1C(=O)NC(SC1CCC1)C(=O)C(N)=O)C(C)(C)C. The van der Waals surface area contributed by atoms with Crippen molar-refractivity contribution in [1.29, 1.82) is 0 Å². The maximum Gasteiger partial charge on any atom is 0.315 e. The van der Waals surface area contributed by atoms with E-state index in [1.165, 1.54) is 28.0 Å². The minimum absolute atomic E-state index is 0.151. The van der Waals surface area contributed by atoms with Crippen LogP contribution >= 0.6 is 11.8 Å². The van der Waals surface area contributed by atoms with Gasteiger partial charge in [0, 0.05) is 25.4 Å². The first-order valence-electron chi connectivity index (χ1n) is 18.3. The molecule has 0 spiro atoms. The molecule has 5 N–H and O–H groups in total. The molecule has 1 aliphatic carbocycles. The normalized spacial score (nSPS) is 16.2. The number of primary amides is 1. The highest BCUT2D eigenvalue weighted by atomic mass is 32.2. The maximum absolute atomic E-state index is 13.7. The molecule has 1 aromatic carbocycles. The quantitative estimate of drug-likeness (QED) is 0.168. The molecule has 3 atom stereocenters. The number of carbonyl (C=O) groups excluding carboxylic acids is 6. The van der Waals surface area contributed by atoms with Crippen LogP contribution in [0.1, 0.15) is 113 Å². The van der Waals surface area contributed by atoms with Crippen LogP contribution in [0, 0.1) is 11.3 Å². The smallest absolute Gasteiger partial charge is 0.315 e. The Morgan fingerprint density at radius 3 is 1.96 bits per heavy atom. The van der Waals surface area contributed by atoms with Crippen molar-refractivity contribution < 1.29 is 28.8 Å².